The minimum absolute atomic E-state index is 0.141. The highest BCUT2D eigenvalue weighted by Crippen LogP contribution is 2.23. The first-order chi connectivity index (χ1) is 7.54. The molecule has 0 bridgehead atoms. The molecule has 0 amide bonds. The number of hydrogen-bond acceptors (Lipinski definition) is 3. The quantitative estimate of drug-likeness (QED) is 0.753. The van der Waals surface area contributed by atoms with Crippen molar-refractivity contribution in [3.8, 4) is 0 Å². The molecule has 0 aromatic carbocycles. The van der Waals surface area contributed by atoms with Crippen LogP contribution in [-0.2, 0) is 0 Å². The summed E-state index contributed by atoms with van der Waals surface area (Å²) in [7, 11) is 0. The highest BCUT2D eigenvalue weighted by molar-refractivity contribution is 4.85. The molecule has 0 aromatic rings. The van der Waals surface area contributed by atoms with Gasteiger partial charge in [-0.05, 0) is 31.6 Å². The Morgan fingerprint density at radius 1 is 1.25 bits per heavy atom. The maximum atomic E-state index is 10.3. The normalized spacial score (nSPS) is 28.3. The Balaban J connectivity index is 2.49. The predicted octanol–water partition coefficient (Wildman–Crippen LogP) is 1.63. The van der Waals surface area contributed by atoms with Gasteiger partial charge in [0.25, 0.3) is 0 Å². The second-order valence-corrected chi connectivity index (χ2v) is 5.19. The molecule has 96 valence electrons. The minimum atomic E-state index is -0.541. The Morgan fingerprint density at radius 2 is 1.88 bits per heavy atom. The van der Waals surface area contributed by atoms with Crippen molar-refractivity contribution < 1.29 is 10.2 Å². The van der Waals surface area contributed by atoms with Gasteiger partial charge in [0.05, 0.1) is 11.7 Å². The number of piperidine rings is 1. The summed E-state index contributed by atoms with van der Waals surface area (Å²) in [5.74, 6) is 0.381. The van der Waals surface area contributed by atoms with Gasteiger partial charge < -0.3 is 15.1 Å². The number of nitrogens with zero attached hydrogens (tertiary/aromatic N) is 1. The van der Waals surface area contributed by atoms with Crippen LogP contribution in [0.5, 0.6) is 0 Å². The molecule has 2 atom stereocenters. The van der Waals surface area contributed by atoms with Crippen LogP contribution in [0, 0.1) is 5.92 Å². The zero-order chi connectivity index (χ0) is 12.2. The van der Waals surface area contributed by atoms with E-state index in [1.54, 1.807) is 0 Å². The number of hydrogen-bond donors (Lipinski definition) is 2. The van der Waals surface area contributed by atoms with Gasteiger partial charge in [0, 0.05) is 19.6 Å². The van der Waals surface area contributed by atoms with E-state index in [4.69, 9.17) is 0 Å². The molecule has 1 saturated heterocycles. The molecule has 2 N–H and O–H groups in total. The maximum Gasteiger partial charge on any atom is 0.0768 e. The molecule has 0 aromatic heterocycles. The van der Waals surface area contributed by atoms with Crippen LogP contribution in [0.15, 0.2) is 0 Å². The molecule has 1 aliphatic heterocycles. The Morgan fingerprint density at radius 3 is 2.38 bits per heavy atom. The van der Waals surface area contributed by atoms with Crippen molar-refractivity contribution in [2.45, 2.75) is 58.2 Å². The van der Waals surface area contributed by atoms with Gasteiger partial charge in [-0.2, -0.15) is 0 Å². The third kappa shape index (κ3) is 3.44. The number of rotatable bonds is 5. The van der Waals surface area contributed by atoms with Crippen molar-refractivity contribution in [1.29, 1.82) is 0 Å². The van der Waals surface area contributed by atoms with E-state index >= 15 is 0 Å². The monoisotopic (exact) mass is 229 g/mol. The van der Waals surface area contributed by atoms with Crippen LogP contribution in [0.1, 0.15) is 46.5 Å². The SMILES string of the molecule is CCC1CN(CC(O)(CC)CC)CCC1O. The lowest BCUT2D eigenvalue weighted by atomic mass is 9.90. The third-order valence-electron chi connectivity index (χ3n) is 4.14. The van der Waals surface area contributed by atoms with E-state index in [2.05, 4.69) is 11.8 Å². The van der Waals surface area contributed by atoms with Gasteiger partial charge in [-0.3, -0.25) is 0 Å². The second-order valence-electron chi connectivity index (χ2n) is 5.19. The summed E-state index contributed by atoms with van der Waals surface area (Å²) in [6.07, 6.45) is 3.34. The summed E-state index contributed by atoms with van der Waals surface area (Å²) < 4.78 is 0. The van der Waals surface area contributed by atoms with Gasteiger partial charge in [0.15, 0.2) is 0 Å². The number of β-amino-alcohol motifs (C(OH)–C–C–N with tert-alkyl or cyclic N) is 1. The second kappa shape index (κ2) is 5.99. The van der Waals surface area contributed by atoms with Gasteiger partial charge in [-0.15, -0.1) is 0 Å². The van der Waals surface area contributed by atoms with E-state index < -0.39 is 5.60 Å². The van der Waals surface area contributed by atoms with Crippen molar-refractivity contribution >= 4 is 0 Å². The molecule has 1 aliphatic rings. The molecular weight excluding hydrogens is 202 g/mol. The summed E-state index contributed by atoms with van der Waals surface area (Å²) in [6.45, 7) is 8.81. The van der Waals surface area contributed by atoms with Crippen LogP contribution < -0.4 is 0 Å². The summed E-state index contributed by atoms with van der Waals surface area (Å²) >= 11 is 0. The van der Waals surface area contributed by atoms with E-state index in [0.717, 1.165) is 45.3 Å². The summed E-state index contributed by atoms with van der Waals surface area (Å²) in [6, 6.07) is 0. The topological polar surface area (TPSA) is 43.7 Å². The van der Waals surface area contributed by atoms with E-state index in [1.165, 1.54) is 0 Å². The van der Waals surface area contributed by atoms with E-state index in [9.17, 15) is 10.2 Å². The molecule has 2 unspecified atom stereocenters. The molecule has 0 spiro atoms. The molecule has 3 nitrogen and oxygen atoms in total. The number of aliphatic hydroxyl groups is 2. The van der Waals surface area contributed by atoms with Gasteiger partial charge in [0.2, 0.25) is 0 Å². The fraction of sp³-hybridized carbons (Fsp3) is 1.00. The lowest BCUT2D eigenvalue weighted by Crippen LogP contribution is -2.49. The van der Waals surface area contributed by atoms with Crippen molar-refractivity contribution in [3.63, 3.8) is 0 Å². The van der Waals surface area contributed by atoms with Gasteiger partial charge in [-0.25, -0.2) is 0 Å². The number of aliphatic hydroxyl groups excluding tert-OH is 1. The first-order valence-corrected chi connectivity index (χ1v) is 6.67. The van der Waals surface area contributed by atoms with E-state index in [1.807, 2.05) is 13.8 Å². The average molecular weight is 229 g/mol. The molecule has 0 radical (unpaired) electrons. The Hall–Kier alpha value is -0.120. The fourth-order valence-electron chi connectivity index (χ4n) is 2.53. The standard InChI is InChI=1S/C13H27NO2/c1-4-11-9-14(8-7-12(11)15)10-13(16,5-2)6-3/h11-12,15-16H,4-10H2,1-3H3. The molecular formula is C13H27NO2. The van der Waals surface area contributed by atoms with Gasteiger partial charge in [0.1, 0.15) is 0 Å². The zero-order valence-corrected chi connectivity index (χ0v) is 10.9. The first-order valence-electron chi connectivity index (χ1n) is 6.67. The smallest absolute Gasteiger partial charge is 0.0768 e. The number of likely N-dealkylation sites (tertiary alicyclic amines) is 1. The van der Waals surface area contributed by atoms with Gasteiger partial charge in [-0.1, -0.05) is 20.8 Å². The van der Waals surface area contributed by atoms with Gasteiger partial charge >= 0.3 is 0 Å². The first kappa shape index (κ1) is 13.9. The van der Waals surface area contributed by atoms with Crippen LogP contribution in [0.2, 0.25) is 0 Å². The highest BCUT2D eigenvalue weighted by atomic mass is 16.3. The maximum absolute atomic E-state index is 10.3. The summed E-state index contributed by atoms with van der Waals surface area (Å²) in [5.41, 5.74) is -0.541. The predicted molar refractivity (Wildman–Crippen MR) is 66.4 cm³/mol. The van der Waals surface area contributed by atoms with Crippen molar-refractivity contribution in [2.24, 2.45) is 5.92 Å². The van der Waals surface area contributed by atoms with E-state index in [-0.39, 0.29) is 6.10 Å². The molecule has 3 heteroatoms. The Bertz CT molecular complexity index is 204. The molecule has 0 saturated carbocycles. The Labute approximate surface area is 99.5 Å². The molecule has 1 rings (SSSR count). The van der Waals surface area contributed by atoms with Crippen LogP contribution in [0.3, 0.4) is 0 Å². The van der Waals surface area contributed by atoms with Crippen LogP contribution in [-0.4, -0.2) is 46.5 Å². The zero-order valence-electron chi connectivity index (χ0n) is 10.9. The van der Waals surface area contributed by atoms with Crippen molar-refractivity contribution in [2.75, 3.05) is 19.6 Å². The molecule has 0 aliphatic carbocycles. The lowest BCUT2D eigenvalue weighted by molar-refractivity contribution is -0.0376. The largest absolute Gasteiger partial charge is 0.393 e. The summed E-state index contributed by atoms with van der Waals surface area (Å²) in [5, 5.41) is 20.1. The minimum Gasteiger partial charge on any atom is -0.393 e. The fourth-order valence-corrected chi connectivity index (χ4v) is 2.53. The van der Waals surface area contributed by atoms with Crippen LogP contribution in [0.25, 0.3) is 0 Å². The molecule has 1 heterocycles. The molecule has 16 heavy (non-hydrogen) atoms. The third-order valence-corrected chi connectivity index (χ3v) is 4.14. The molecule has 1 fully saturated rings. The van der Waals surface area contributed by atoms with Crippen LogP contribution in [0.4, 0.5) is 0 Å². The van der Waals surface area contributed by atoms with Crippen LogP contribution >= 0.6 is 0 Å². The average Bonchev–Trinajstić information content (AvgIpc) is 2.31. The Kier molecular flexibility index (Phi) is 5.22. The van der Waals surface area contributed by atoms with E-state index in [0.29, 0.717) is 5.92 Å². The highest BCUT2D eigenvalue weighted by Gasteiger charge is 2.31. The van der Waals surface area contributed by atoms with Crippen molar-refractivity contribution in [3.05, 3.63) is 0 Å². The van der Waals surface area contributed by atoms with Crippen molar-refractivity contribution in [1.82, 2.24) is 4.90 Å². The summed E-state index contributed by atoms with van der Waals surface area (Å²) in [4.78, 5) is 2.31. The lowest BCUT2D eigenvalue weighted by Gasteiger charge is -2.40.